The summed E-state index contributed by atoms with van der Waals surface area (Å²) in [6.07, 6.45) is 0.977. The number of rotatable bonds is 3. The van der Waals surface area contributed by atoms with Gasteiger partial charge in [-0.25, -0.2) is 0 Å². The van der Waals surface area contributed by atoms with Crippen LogP contribution in [0.4, 0.5) is 0 Å². The number of phenols is 1. The van der Waals surface area contributed by atoms with E-state index in [9.17, 15) is 15.0 Å². The molecule has 2 atom stereocenters. The van der Waals surface area contributed by atoms with Gasteiger partial charge in [-0.15, -0.1) is 0 Å². The number of likely N-dealkylation sites (tertiary alicyclic amines) is 1. The molecule has 0 spiro atoms. The summed E-state index contributed by atoms with van der Waals surface area (Å²) in [5.41, 5.74) is 2.78. The Kier molecular flexibility index (Phi) is 3.85. The van der Waals surface area contributed by atoms with E-state index in [0.29, 0.717) is 18.0 Å². The van der Waals surface area contributed by atoms with Gasteiger partial charge in [-0.2, -0.15) is 0 Å². The fraction of sp³-hybridized carbons (Fsp3) is 0.409. The van der Waals surface area contributed by atoms with E-state index in [1.54, 1.807) is 12.1 Å². The van der Waals surface area contributed by atoms with Crippen LogP contribution in [0, 0.1) is 16.7 Å². The lowest BCUT2D eigenvalue weighted by molar-refractivity contribution is -0.0976. The fourth-order valence-electron chi connectivity index (χ4n) is 5.14. The lowest BCUT2D eigenvalue weighted by atomic mass is 9.48. The van der Waals surface area contributed by atoms with Crippen molar-refractivity contribution in [2.75, 3.05) is 19.7 Å². The Morgan fingerprint density at radius 1 is 1.08 bits per heavy atom. The third kappa shape index (κ3) is 2.60. The van der Waals surface area contributed by atoms with Crippen LogP contribution in [0.3, 0.4) is 0 Å². The van der Waals surface area contributed by atoms with Crippen molar-refractivity contribution in [3.63, 3.8) is 0 Å². The Labute approximate surface area is 154 Å². The molecular weight excluding hydrogens is 326 g/mol. The Morgan fingerprint density at radius 2 is 1.65 bits per heavy atom. The smallest absolute Gasteiger partial charge is 0.253 e. The second-order valence-electron chi connectivity index (χ2n) is 8.55. The van der Waals surface area contributed by atoms with Crippen LogP contribution in [-0.4, -0.2) is 40.7 Å². The van der Waals surface area contributed by atoms with Gasteiger partial charge in [0.1, 0.15) is 5.75 Å². The summed E-state index contributed by atoms with van der Waals surface area (Å²) in [5.74, 6) is 0.658. The highest BCUT2D eigenvalue weighted by Gasteiger charge is 2.63. The molecule has 1 amide bonds. The first kappa shape index (κ1) is 17.1. The second-order valence-corrected chi connectivity index (χ2v) is 8.55. The normalized spacial score (nSPS) is 26.3. The van der Waals surface area contributed by atoms with E-state index in [0.717, 1.165) is 24.1 Å². The van der Waals surface area contributed by atoms with Crippen LogP contribution >= 0.6 is 0 Å². The predicted octanol–water partition coefficient (Wildman–Crippen LogP) is 3.54. The number of phenolic OH excluding ortho intramolecular Hbond substituents is 1. The van der Waals surface area contributed by atoms with Crippen molar-refractivity contribution in [2.45, 2.75) is 20.3 Å². The summed E-state index contributed by atoms with van der Waals surface area (Å²) in [4.78, 5) is 14.8. The monoisotopic (exact) mass is 351 g/mol. The molecule has 1 heterocycles. The molecule has 0 aromatic heterocycles. The zero-order valence-electron chi connectivity index (χ0n) is 15.3. The number of aliphatic hydroxyl groups is 1. The zero-order valence-corrected chi connectivity index (χ0v) is 15.3. The Balaban J connectivity index is 1.52. The topological polar surface area (TPSA) is 60.8 Å². The summed E-state index contributed by atoms with van der Waals surface area (Å²) in [6.45, 7) is 5.99. The standard InChI is InChI=1S/C22H25NO3/c1-21(2)12-22(14-24)13-23(11-19(21)22)20(26)17-5-3-15(4-6-17)16-7-9-18(25)10-8-16/h3-10,19,24-25H,11-14H2,1-2H3/t19-,22-/m1/s1. The predicted molar refractivity (Wildman–Crippen MR) is 101 cm³/mol. The Hall–Kier alpha value is -2.33. The van der Waals surface area contributed by atoms with Crippen molar-refractivity contribution < 1.29 is 15.0 Å². The van der Waals surface area contributed by atoms with Gasteiger partial charge in [0.05, 0.1) is 6.61 Å². The van der Waals surface area contributed by atoms with Crippen molar-refractivity contribution in [2.24, 2.45) is 16.7 Å². The van der Waals surface area contributed by atoms with E-state index in [1.165, 1.54) is 0 Å². The highest BCUT2D eigenvalue weighted by atomic mass is 16.3. The van der Waals surface area contributed by atoms with Gasteiger partial charge >= 0.3 is 0 Å². The largest absolute Gasteiger partial charge is 0.508 e. The van der Waals surface area contributed by atoms with E-state index in [2.05, 4.69) is 13.8 Å². The maximum absolute atomic E-state index is 12.9. The average Bonchev–Trinajstić information content (AvgIpc) is 2.97. The minimum atomic E-state index is -0.106. The van der Waals surface area contributed by atoms with Crippen LogP contribution in [0.1, 0.15) is 30.6 Å². The molecule has 2 fully saturated rings. The minimum absolute atomic E-state index is 0.0419. The third-order valence-corrected chi connectivity index (χ3v) is 6.33. The lowest BCUT2D eigenvalue weighted by Crippen LogP contribution is -2.54. The zero-order chi connectivity index (χ0) is 18.5. The average molecular weight is 351 g/mol. The first-order valence-corrected chi connectivity index (χ1v) is 9.14. The molecule has 2 aliphatic rings. The van der Waals surface area contributed by atoms with E-state index in [-0.39, 0.29) is 29.1 Å². The molecule has 0 unspecified atom stereocenters. The lowest BCUT2D eigenvalue weighted by Gasteiger charge is -2.55. The van der Waals surface area contributed by atoms with Crippen LogP contribution in [0.25, 0.3) is 11.1 Å². The van der Waals surface area contributed by atoms with Crippen molar-refractivity contribution in [3.8, 4) is 16.9 Å². The van der Waals surface area contributed by atoms with Gasteiger partial charge in [0.15, 0.2) is 0 Å². The number of hydrogen-bond donors (Lipinski definition) is 2. The van der Waals surface area contributed by atoms with Gasteiger partial charge in [0.2, 0.25) is 0 Å². The number of benzene rings is 2. The molecule has 1 saturated carbocycles. The molecule has 2 aromatic carbocycles. The van der Waals surface area contributed by atoms with Gasteiger partial charge in [-0.05, 0) is 53.1 Å². The molecule has 136 valence electrons. The summed E-state index contributed by atoms with van der Waals surface area (Å²) in [6, 6.07) is 14.6. The molecule has 0 radical (unpaired) electrons. The Bertz CT molecular complexity index is 825. The quantitative estimate of drug-likeness (QED) is 0.889. The number of aliphatic hydroxyl groups excluding tert-OH is 1. The molecule has 1 aliphatic carbocycles. The van der Waals surface area contributed by atoms with Crippen molar-refractivity contribution in [3.05, 3.63) is 54.1 Å². The molecule has 1 saturated heterocycles. The molecule has 4 rings (SSSR count). The highest BCUT2D eigenvalue weighted by molar-refractivity contribution is 5.95. The van der Waals surface area contributed by atoms with Crippen molar-refractivity contribution >= 4 is 5.91 Å². The first-order valence-electron chi connectivity index (χ1n) is 9.14. The number of fused-ring (bicyclic) bond motifs is 1. The third-order valence-electron chi connectivity index (χ3n) is 6.33. The number of aromatic hydroxyl groups is 1. The SMILES string of the molecule is CC1(C)C[C@]2(CO)CN(C(=O)c3ccc(-c4ccc(O)cc4)cc3)C[C@H]12. The minimum Gasteiger partial charge on any atom is -0.508 e. The molecule has 2 aromatic rings. The van der Waals surface area contributed by atoms with Crippen LogP contribution in [-0.2, 0) is 0 Å². The van der Waals surface area contributed by atoms with Crippen molar-refractivity contribution in [1.29, 1.82) is 0 Å². The first-order chi connectivity index (χ1) is 12.3. The van der Waals surface area contributed by atoms with Gasteiger partial charge in [0.25, 0.3) is 5.91 Å². The summed E-state index contributed by atoms with van der Waals surface area (Å²) in [5, 5.41) is 19.3. The molecule has 2 N–H and O–H groups in total. The number of carbonyl (C=O) groups is 1. The number of hydrogen-bond acceptors (Lipinski definition) is 3. The number of amides is 1. The van der Waals surface area contributed by atoms with Crippen LogP contribution < -0.4 is 0 Å². The maximum Gasteiger partial charge on any atom is 0.253 e. The highest BCUT2D eigenvalue weighted by Crippen LogP contribution is 2.62. The van der Waals surface area contributed by atoms with E-state index in [1.807, 2.05) is 41.3 Å². The van der Waals surface area contributed by atoms with Crippen LogP contribution in [0.2, 0.25) is 0 Å². The van der Waals surface area contributed by atoms with Gasteiger partial charge in [-0.1, -0.05) is 38.1 Å². The molecule has 0 bridgehead atoms. The van der Waals surface area contributed by atoms with Gasteiger partial charge in [0, 0.05) is 24.1 Å². The molecule has 1 aliphatic heterocycles. The number of nitrogens with zero attached hydrogens (tertiary/aromatic N) is 1. The van der Waals surface area contributed by atoms with Gasteiger partial charge in [-0.3, -0.25) is 4.79 Å². The fourth-order valence-corrected chi connectivity index (χ4v) is 5.14. The van der Waals surface area contributed by atoms with Crippen LogP contribution in [0.5, 0.6) is 5.75 Å². The molecule has 4 heteroatoms. The van der Waals surface area contributed by atoms with E-state index >= 15 is 0 Å². The summed E-state index contributed by atoms with van der Waals surface area (Å²) >= 11 is 0. The van der Waals surface area contributed by atoms with E-state index < -0.39 is 0 Å². The summed E-state index contributed by atoms with van der Waals surface area (Å²) in [7, 11) is 0. The second kappa shape index (κ2) is 5.85. The van der Waals surface area contributed by atoms with E-state index in [4.69, 9.17) is 0 Å². The molecular formula is C22H25NO3. The Morgan fingerprint density at radius 3 is 2.15 bits per heavy atom. The molecule has 4 nitrogen and oxygen atoms in total. The number of carbonyl (C=O) groups excluding carboxylic acids is 1. The maximum atomic E-state index is 12.9. The molecule has 26 heavy (non-hydrogen) atoms. The van der Waals surface area contributed by atoms with Gasteiger partial charge < -0.3 is 15.1 Å². The van der Waals surface area contributed by atoms with Crippen molar-refractivity contribution in [1.82, 2.24) is 4.90 Å². The van der Waals surface area contributed by atoms with Crippen LogP contribution in [0.15, 0.2) is 48.5 Å². The summed E-state index contributed by atoms with van der Waals surface area (Å²) < 4.78 is 0.